The van der Waals surface area contributed by atoms with Gasteiger partial charge in [-0.2, -0.15) is 0 Å². The lowest BCUT2D eigenvalue weighted by Crippen LogP contribution is -2.45. The van der Waals surface area contributed by atoms with Gasteiger partial charge >= 0.3 is 5.97 Å². The summed E-state index contributed by atoms with van der Waals surface area (Å²) in [6.07, 6.45) is 0.210. The molecule has 0 saturated carbocycles. The highest BCUT2D eigenvalue weighted by molar-refractivity contribution is 6.09. The van der Waals surface area contributed by atoms with Gasteiger partial charge in [0.05, 0.1) is 11.8 Å². The highest BCUT2D eigenvalue weighted by Crippen LogP contribution is 2.61. The van der Waals surface area contributed by atoms with Crippen LogP contribution in [0.4, 0.5) is 0 Å². The van der Waals surface area contributed by atoms with Crippen molar-refractivity contribution in [3.63, 3.8) is 0 Å². The lowest BCUT2D eigenvalue weighted by Gasteiger charge is -2.45. The van der Waals surface area contributed by atoms with E-state index in [2.05, 4.69) is 0 Å². The number of carboxylic acid groups (broad SMARTS) is 1. The van der Waals surface area contributed by atoms with Crippen LogP contribution >= 0.6 is 0 Å². The minimum absolute atomic E-state index is 0.194. The van der Waals surface area contributed by atoms with Crippen LogP contribution in [0.15, 0.2) is 48.5 Å². The Bertz CT molecular complexity index is 882. The highest BCUT2D eigenvalue weighted by Gasteiger charge is 2.62. The van der Waals surface area contributed by atoms with Crippen molar-refractivity contribution in [3.8, 4) is 0 Å². The molecule has 27 heavy (non-hydrogen) atoms. The summed E-state index contributed by atoms with van der Waals surface area (Å²) in [4.78, 5) is 39.3. The Labute approximate surface area is 156 Å². The number of hydrogen-bond donors (Lipinski definition) is 1. The zero-order chi connectivity index (χ0) is 18.9. The average Bonchev–Trinajstić information content (AvgIpc) is 2.94. The number of hydrogen-bond acceptors (Lipinski definition) is 3. The monoisotopic (exact) mass is 361 g/mol. The van der Waals surface area contributed by atoms with Crippen molar-refractivity contribution >= 4 is 17.8 Å². The summed E-state index contributed by atoms with van der Waals surface area (Å²) in [5.74, 6) is -3.21. The fourth-order valence-electron chi connectivity index (χ4n) is 5.48. The second kappa shape index (κ2) is 5.52. The molecule has 0 aromatic heterocycles. The summed E-state index contributed by atoms with van der Waals surface area (Å²) in [5.41, 5.74) is 4.37. The molecule has 136 valence electrons. The van der Waals surface area contributed by atoms with Gasteiger partial charge in [0.1, 0.15) is 6.04 Å². The lowest BCUT2D eigenvalue weighted by molar-refractivity contribution is -0.155. The van der Waals surface area contributed by atoms with Gasteiger partial charge in [-0.15, -0.1) is 0 Å². The SMILES string of the molecule is CCC(C(=O)O)N1C(=O)C2C3c4ccccc4C(c4ccccc43)C2C1=O. The van der Waals surface area contributed by atoms with Gasteiger partial charge < -0.3 is 5.11 Å². The molecule has 5 heteroatoms. The molecule has 1 fully saturated rings. The van der Waals surface area contributed by atoms with Gasteiger partial charge in [0.2, 0.25) is 11.8 Å². The van der Waals surface area contributed by atoms with Gasteiger partial charge in [-0.25, -0.2) is 4.79 Å². The predicted molar refractivity (Wildman–Crippen MR) is 97.1 cm³/mol. The minimum Gasteiger partial charge on any atom is -0.480 e. The van der Waals surface area contributed by atoms with Crippen LogP contribution in [0.5, 0.6) is 0 Å². The van der Waals surface area contributed by atoms with Crippen molar-refractivity contribution < 1.29 is 19.5 Å². The second-order valence-electron chi connectivity index (χ2n) is 7.57. The number of rotatable bonds is 3. The summed E-state index contributed by atoms with van der Waals surface area (Å²) in [6, 6.07) is 14.9. The molecule has 0 radical (unpaired) electrons. The van der Waals surface area contributed by atoms with Gasteiger partial charge in [-0.05, 0) is 28.7 Å². The van der Waals surface area contributed by atoms with E-state index in [1.54, 1.807) is 6.92 Å². The molecule has 3 unspecified atom stereocenters. The van der Waals surface area contributed by atoms with Gasteiger partial charge in [-0.3, -0.25) is 14.5 Å². The first-order chi connectivity index (χ1) is 13.1. The molecule has 3 atom stereocenters. The fraction of sp³-hybridized carbons (Fsp3) is 0.318. The van der Waals surface area contributed by atoms with Gasteiger partial charge in [0.15, 0.2) is 0 Å². The quantitative estimate of drug-likeness (QED) is 0.853. The third kappa shape index (κ3) is 1.91. The molecule has 2 bridgehead atoms. The summed E-state index contributed by atoms with van der Waals surface area (Å²) < 4.78 is 0. The number of nitrogens with zero attached hydrogens (tertiary/aromatic N) is 1. The largest absolute Gasteiger partial charge is 0.480 e. The van der Waals surface area contributed by atoms with E-state index in [4.69, 9.17) is 0 Å². The number of amides is 2. The van der Waals surface area contributed by atoms with E-state index in [9.17, 15) is 19.5 Å². The number of aliphatic carboxylic acids is 1. The second-order valence-corrected chi connectivity index (χ2v) is 7.57. The first kappa shape index (κ1) is 16.2. The minimum atomic E-state index is -1.12. The van der Waals surface area contributed by atoms with Crippen LogP contribution in [-0.4, -0.2) is 33.8 Å². The van der Waals surface area contributed by atoms with Crippen molar-refractivity contribution in [1.82, 2.24) is 4.90 Å². The topological polar surface area (TPSA) is 74.7 Å². The first-order valence-electron chi connectivity index (χ1n) is 9.33. The van der Waals surface area contributed by atoms with Crippen molar-refractivity contribution in [1.29, 1.82) is 0 Å². The molecule has 1 heterocycles. The molecule has 3 aliphatic carbocycles. The first-order valence-corrected chi connectivity index (χ1v) is 9.33. The summed E-state index contributed by atoms with van der Waals surface area (Å²) >= 11 is 0. The summed E-state index contributed by atoms with van der Waals surface area (Å²) in [6.45, 7) is 1.69. The van der Waals surface area contributed by atoms with Crippen LogP contribution < -0.4 is 0 Å². The molecule has 4 aliphatic rings. The Morgan fingerprint density at radius 1 is 0.889 bits per heavy atom. The van der Waals surface area contributed by atoms with E-state index in [1.165, 1.54) is 0 Å². The molecular weight excluding hydrogens is 342 g/mol. The van der Waals surface area contributed by atoms with Crippen molar-refractivity contribution in [2.24, 2.45) is 11.8 Å². The Balaban J connectivity index is 1.73. The molecule has 6 rings (SSSR count). The van der Waals surface area contributed by atoms with Gasteiger partial charge in [0.25, 0.3) is 0 Å². The van der Waals surface area contributed by atoms with E-state index in [1.807, 2.05) is 48.5 Å². The molecule has 1 aliphatic heterocycles. The van der Waals surface area contributed by atoms with E-state index < -0.39 is 23.8 Å². The van der Waals surface area contributed by atoms with E-state index in [0.717, 1.165) is 27.2 Å². The Morgan fingerprint density at radius 3 is 1.56 bits per heavy atom. The summed E-state index contributed by atoms with van der Waals surface area (Å²) in [5, 5.41) is 9.55. The molecule has 1 saturated heterocycles. The zero-order valence-electron chi connectivity index (χ0n) is 14.8. The van der Waals surface area contributed by atoms with Crippen LogP contribution in [0, 0.1) is 11.8 Å². The number of carboxylic acids is 1. The van der Waals surface area contributed by atoms with Crippen molar-refractivity contribution in [3.05, 3.63) is 70.8 Å². The zero-order valence-corrected chi connectivity index (χ0v) is 14.8. The number of benzene rings is 2. The summed E-state index contributed by atoms with van der Waals surface area (Å²) in [7, 11) is 0. The Morgan fingerprint density at radius 2 is 1.26 bits per heavy atom. The maximum atomic E-state index is 13.3. The maximum Gasteiger partial charge on any atom is 0.326 e. The Hall–Kier alpha value is -2.95. The normalized spacial score (nSPS) is 28.6. The molecule has 5 nitrogen and oxygen atoms in total. The number of carbonyl (C=O) groups is 3. The van der Waals surface area contributed by atoms with Crippen molar-refractivity contribution in [2.75, 3.05) is 0 Å². The lowest BCUT2D eigenvalue weighted by atomic mass is 9.55. The van der Waals surface area contributed by atoms with Crippen LogP contribution in [0.2, 0.25) is 0 Å². The van der Waals surface area contributed by atoms with Crippen molar-refractivity contribution in [2.45, 2.75) is 31.2 Å². The molecule has 0 spiro atoms. The third-order valence-electron chi connectivity index (χ3n) is 6.47. The fourth-order valence-corrected chi connectivity index (χ4v) is 5.48. The van der Waals surface area contributed by atoms with Crippen LogP contribution in [0.25, 0.3) is 0 Å². The third-order valence-corrected chi connectivity index (χ3v) is 6.47. The standard InChI is InChI=1S/C22H19NO4/c1-2-15(22(26)27)23-20(24)18-16-11-7-3-4-8-12(11)17(19(18)21(23)25)14-10-6-5-9-13(14)16/h3-10,15-19H,2H2,1H3,(H,26,27). The Kier molecular flexibility index (Phi) is 3.32. The van der Waals surface area contributed by atoms with Crippen LogP contribution in [0.1, 0.15) is 47.4 Å². The molecular formula is C22H19NO4. The molecule has 2 amide bonds. The van der Waals surface area contributed by atoms with E-state index in [-0.39, 0.29) is 30.1 Å². The van der Waals surface area contributed by atoms with Crippen LogP contribution in [0.3, 0.4) is 0 Å². The number of carbonyl (C=O) groups excluding carboxylic acids is 2. The highest BCUT2D eigenvalue weighted by atomic mass is 16.4. The predicted octanol–water partition coefficient (Wildman–Crippen LogP) is 2.74. The molecule has 2 aromatic carbocycles. The smallest absolute Gasteiger partial charge is 0.326 e. The van der Waals surface area contributed by atoms with Crippen LogP contribution in [-0.2, 0) is 14.4 Å². The molecule has 1 N–H and O–H groups in total. The van der Waals surface area contributed by atoms with E-state index in [0.29, 0.717) is 0 Å². The number of likely N-dealkylation sites (tertiary alicyclic amines) is 1. The average molecular weight is 361 g/mol. The maximum absolute atomic E-state index is 13.3. The molecule has 2 aromatic rings. The number of imide groups is 1. The van der Waals surface area contributed by atoms with E-state index >= 15 is 0 Å². The van der Waals surface area contributed by atoms with Gasteiger partial charge in [-0.1, -0.05) is 55.5 Å². The van der Waals surface area contributed by atoms with Gasteiger partial charge in [0, 0.05) is 11.8 Å².